The quantitative estimate of drug-likeness (QED) is 0.770. The third kappa shape index (κ3) is 5.94. The average Bonchev–Trinajstić information content (AvgIpc) is 2.52. The van der Waals surface area contributed by atoms with Crippen molar-refractivity contribution in [3.63, 3.8) is 0 Å². The number of amides is 2. The predicted octanol–water partition coefficient (Wildman–Crippen LogP) is 0.666. The molecule has 0 aliphatic heterocycles. The Kier molecular flexibility index (Phi) is 7.00. The van der Waals surface area contributed by atoms with E-state index in [1.54, 1.807) is 31.1 Å². The predicted molar refractivity (Wildman–Crippen MR) is 87.7 cm³/mol. The Balaban J connectivity index is 2.65. The number of nitrogens with one attached hydrogen (secondary N) is 2. The minimum Gasteiger partial charge on any atom is -0.357 e. The summed E-state index contributed by atoms with van der Waals surface area (Å²) >= 11 is 0. The summed E-state index contributed by atoms with van der Waals surface area (Å²) in [4.78, 5) is 29.8. The zero-order valence-corrected chi connectivity index (χ0v) is 14.0. The van der Waals surface area contributed by atoms with Crippen LogP contribution in [0.5, 0.6) is 0 Å². The van der Waals surface area contributed by atoms with Gasteiger partial charge in [0.2, 0.25) is 11.8 Å². The van der Waals surface area contributed by atoms with Gasteiger partial charge in [0.15, 0.2) is 0 Å². The van der Waals surface area contributed by atoms with Crippen molar-refractivity contribution in [3.05, 3.63) is 23.9 Å². The van der Waals surface area contributed by atoms with Gasteiger partial charge in [-0.3, -0.25) is 9.59 Å². The van der Waals surface area contributed by atoms with E-state index in [2.05, 4.69) is 15.6 Å². The average molecular weight is 317 g/mol. The number of carbonyl (C=O) groups excluding carboxylic acids is 2. The van der Waals surface area contributed by atoms with Gasteiger partial charge in [-0.05, 0) is 24.5 Å². The van der Waals surface area contributed by atoms with Crippen LogP contribution < -0.4 is 15.5 Å². The highest BCUT2D eigenvalue weighted by molar-refractivity contribution is 5.89. The maximum atomic E-state index is 12.1. The van der Waals surface area contributed by atoms with Crippen molar-refractivity contribution >= 4 is 17.6 Å². The minimum absolute atomic E-state index is 0.0739. The molecule has 2 amide bonds. The van der Waals surface area contributed by atoms with Crippen molar-refractivity contribution in [2.24, 2.45) is 5.92 Å². The lowest BCUT2D eigenvalue weighted by atomic mass is 10.0. The molecule has 7 nitrogen and oxygen atoms in total. The second-order valence-corrected chi connectivity index (χ2v) is 5.74. The van der Waals surface area contributed by atoms with Gasteiger partial charge in [0.25, 0.3) is 0 Å². The lowest BCUT2D eigenvalue weighted by molar-refractivity contribution is -0.128. The molecule has 1 aromatic rings. The van der Waals surface area contributed by atoms with Crippen molar-refractivity contribution < 1.29 is 9.59 Å². The number of pyridine rings is 1. The molecule has 0 fully saturated rings. The molecule has 0 aromatic carbocycles. The second kappa shape index (κ2) is 8.73. The minimum atomic E-state index is -0.546. The van der Waals surface area contributed by atoms with Crippen LogP contribution in [-0.4, -0.2) is 43.5 Å². The Labute approximate surface area is 136 Å². The maximum absolute atomic E-state index is 12.1. The van der Waals surface area contributed by atoms with Crippen LogP contribution >= 0.6 is 0 Å². The Morgan fingerprint density at radius 3 is 2.57 bits per heavy atom. The number of carbonyl (C=O) groups is 2. The zero-order valence-electron chi connectivity index (χ0n) is 14.0. The summed E-state index contributed by atoms with van der Waals surface area (Å²) in [6.07, 6.45) is 2.03. The number of likely N-dealkylation sites (N-methyl/N-ethyl adjacent to an activating group) is 2. The lowest BCUT2D eigenvalue weighted by Gasteiger charge is -2.22. The van der Waals surface area contributed by atoms with Crippen molar-refractivity contribution in [2.75, 3.05) is 25.5 Å². The number of anilines is 1. The van der Waals surface area contributed by atoms with Crippen LogP contribution in [0, 0.1) is 17.2 Å². The molecule has 1 rings (SSSR count). The molecular weight excluding hydrogens is 294 g/mol. The van der Waals surface area contributed by atoms with Gasteiger partial charge in [0.1, 0.15) is 17.9 Å². The Bertz CT molecular complexity index is 577. The molecule has 1 aromatic heterocycles. The molecule has 1 heterocycles. The highest BCUT2D eigenvalue weighted by Crippen LogP contribution is 2.09. The molecule has 0 aliphatic carbocycles. The Hall–Kier alpha value is -2.62. The largest absolute Gasteiger partial charge is 0.357 e. The van der Waals surface area contributed by atoms with Crippen LogP contribution in [0.15, 0.2) is 18.3 Å². The first kappa shape index (κ1) is 18.4. The Morgan fingerprint density at radius 2 is 2.09 bits per heavy atom. The van der Waals surface area contributed by atoms with Gasteiger partial charge in [-0.25, -0.2) is 4.98 Å². The summed E-state index contributed by atoms with van der Waals surface area (Å²) in [5.74, 6) is 0.411. The summed E-state index contributed by atoms with van der Waals surface area (Å²) in [6, 6.07) is 4.76. The first-order valence-corrected chi connectivity index (χ1v) is 7.45. The van der Waals surface area contributed by atoms with Gasteiger partial charge in [-0.1, -0.05) is 13.8 Å². The van der Waals surface area contributed by atoms with Gasteiger partial charge in [-0.2, -0.15) is 5.26 Å². The van der Waals surface area contributed by atoms with Crippen LogP contribution in [-0.2, 0) is 9.59 Å². The third-order valence-corrected chi connectivity index (χ3v) is 3.25. The molecule has 0 saturated heterocycles. The van der Waals surface area contributed by atoms with E-state index >= 15 is 0 Å². The van der Waals surface area contributed by atoms with E-state index in [0.717, 1.165) is 0 Å². The zero-order chi connectivity index (χ0) is 17.4. The fourth-order valence-corrected chi connectivity index (χ4v) is 2.09. The fraction of sp³-hybridized carbons (Fsp3) is 0.500. The van der Waals surface area contributed by atoms with Crippen molar-refractivity contribution in [1.82, 2.24) is 15.6 Å². The molecule has 7 heteroatoms. The monoisotopic (exact) mass is 317 g/mol. The van der Waals surface area contributed by atoms with Crippen molar-refractivity contribution in [3.8, 4) is 6.07 Å². The maximum Gasteiger partial charge on any atom is 0.242 e. The number of hydrogen-bond acceptors (Lipinski definition) is 5. The van der Waals surface area contributed by atoms with Crippen molar-refractivity contribution in [1.29, 1.82) is 5.26 Å². The molecule has 1 atom stereocenters. The van der Waals surface area contributed by atoms with Crippen LogP contribution in [0.3, 0.4) is 0 Å². The van der Waals surface area contributed by atoms with E-state index in [0.29, 0.717) is 17.8 Å². The smallest absolute Gasteiger partial charge is 0.242 e. The number of rotatable bonds is 7. The van der Waals surface area contributed by atoms with Crippen LogP contribution in [0.1, 0.15) is 25.8 Å². The fourth-order valence-electron chi connectivity index (χ4n) is 2.09. The number of hydrogen-bond donors (Lipinski definition) is 2. The molecule has 0 bridgehead atoms. The number of nitrogens with zero attached hydrogens (tertiary/aromatic N) is 3. The van der Waals surface area contributed by atoms with Gasteiger partial charge in [0, 0.05) is 20.3 Å². The van der Waals surface area contributed by atoms with Crippen LogP contribution in [0.25, 0.3) is 0 Å². The third-order valence-electron chi connectivity index (χ3n) is 3.25. The summed E-state index contributed by atoms with van der Waals surface area (Å²) in [5.41, 5.74) is 0.461. The van der Waals surface area contributed by atoms with E-state index in [-0.39, 0.29) is 24.3 Å². The van der Waals surface area contributed by atoms with Gasteiger partial charge in [-0.15, -0.1) is 0 Å². The molecule has 0 aliphatic rings. The van der Waals surface area contributed by atoms with E-state index in [4.69, 9.17) is 5.26 Å². The summed E-state index contributed by atoms with van der Waals surface area (Å²) < 4.78 is 0. The molecule has 23 heavy (non-hydrogen) atoms. The topological polar surface area (TPSA) is 98.1 Å². The van der Waals surface area contributed by atoms with E-state index < -0.39 is 6.04 Å². The molecule has 0 spiro atoms. The van der Waals surface area contributed by atoms with Crippen LogP contribution in [0.4, 0.5) is 5.82 Å². The molecule has 2 N–H and O–H groups in total. The molecule has 0 radical (unpaired) electrons. The lowest BCUT2D eigenvalue weighted by Crippen LogP contribution is -2.49. The normalized spacial score (nSPS) is 11.5. The van der Waals surface area contributed by atoms with Gasteiger partial charge < -0.3 is 15.5 Å². The molecule has 0 unspecified atom stereocenters. The van der Waals surface area contributed by atoms with E-state index in [1.165, 1.54) is 6.20 Å². The highest BCUT2D eigenvalue weighted by atomic mass is 16.2. The number of aromatic nitrogens is 1. The molecule has 124 valence electrons. The summed E-state index contributed by atoms with van der Waals surface area (Å²) in [5, 5.41) is 14.1. The molecular formula is C16H23N5O2. The number of nitriles is 1. The van der Waals surface area contributed by atoms with E-state index in [9.17, 15) is 9.59 Å². The van der Waals surface area contributed by atoms with Crippen molar-refractivity contribution in [2.45, 2.75) is 26.3 Å². The van der Waals surface area contributed by atoms with Gasteiger partial charge in [0.05, 0.1) is 12.1 Å². The second-order valence-electron chi connectivity index (χ2n) is 5.74. The first-order valence-electron chi connectivity index (χ1n) is 7.45. The summed E-state index contributed by atoms with van der Waals surface area (Å²) in [6.45, 7) is 4.06. The van der Waals surface area contributed by atoms with Gasteiger partial charge >= 0.3 is 0 Å². The Morgan fingerprint density at radius 1 is 1.39 bits per heavy atom. The highest BCUT2D eigenvalue weighted by Gasteiger charge is 2.21. The first-order chi connectivity index (χ1) is 10.9. The summed E-state index contributed by atoms with van der Waals surface area (Å²) in [7, 11) is 3.28. The van der Waals surface area contributed by atoms with Crippen LogP contribution in [0.2, 0.25) is 0 Å². The SMILES string of the molecule is CNC(=O)[C@@H](CC(C)C)NC(=O)CN(C)c1ccc(C#N)cn1. The standard InChI is InChI=1S/C16H23N5O2/c1-11(2)7-13(16(23)18-3)20-15(22)10-21(4)14-6-5-12(8-17)9-19-14/h5-6,9,11,13H,7,10H2,1-4H3,(H,18,23)(H,20,22)/t13-/m1/s1. The molecule has 0 saturated carbocycles. The van der Waals surface area contributed by atoms with E-state index in [1.807, 2.05) is 19.9 Å².